The fourth-order valence-electron chi connectivity index (χ4n) is 3.96. The van der Waals surface area contributed by atoms with Crippen molar-refractivity contribution < 1.29 is 13.2 Å². The fourth-order valence-corrected chi connectivity index (χ4v) is 5.67. The summed E-state index contributed by atoms with van der Waals surface area (Å²) in [6, 6.07) is 3.82. The molecule has 3 rings (SSSR count). The minimum atomic E-state index is -3.09. The van der Waals surface area contributed by atoms with Crippen molar-refractivity contribution in [3.63, 3.8) is 0 Å². The highest BCUT2D eigenvalue weighted by atomic mass is 32.2. The minimum Gasteiger partial charge on any atom is -0.349 e. The van der Waals surface area contributed by atoms with Gasteiger partial charge in [0.05, 0.1) is 11.5 Å². The number of aromatic nitrogens is 1. The minimum absolute atomic E-state index is 0.0129. The van der Waals surface area contributed by atoms with Gasteiger partial charge in [0.2, 0.25) is 0 Å². The zero-order chi connectivity index (χ0) is 19.8. The van der Waals surface area contributed by atoms with Crippen LogP contribution < -0.4 is 0 Å². The van der Waals surface area contributed by atoms with Crippen LogP contribution in [-0.2, 0) is 21.2 Å². The summed E-state index contributed by atoms with van der Waals surface area (Å²) in [5.41, 5.74) is 3.10. The average molecular weight is 390 g/mol. The number of carbonyl (C=O) groups excluding carboxylic acids is 1. The first-order chi connectivity index (χ1) is 12.8. The molecule has 1 aliphatic carbocycles. The maximum atomic E-state index is 13.1. The molecule has 1 aromatic rings. The lowest BCUT2D eigenvalue weighted by molar-refractivity contribution is -0.129. The van der Waals surface area contributed by atoms with Gasteiger partial charge in [0.1, 0.15) is 11.6 Å². The van der Waals surface area contributed by atoms with Crippen molar-refractivity contribution >= 4 is 21.8 Å². The topological polar surface area (TPSA) is 83.2 Å². The molecule has 1 aromatic heterocycles. The van der Waals surface area contributed by atoms with Gasteiger partial charge >= 0.3 is 0 Å². The average Bonchev–Trinajstić information content (AvgIpc) is 3.33. The molecule has 1 atom stereocenters. The van der Waals surface area contributed by atoms with Crippen molar-refractivity contribution in [2.75, 3.05) is 11.5 Å². The molecule has 2 fully saturated rings. The molecule has 27 heavy (non-hydrogen) atoms. The molecule has 0 radical (unpaired) electrons. The molecule has 0 aromatic carbocycles. The van der Waals surface area contributed by atoms with Crippen LogP contribution in [0.25, 0.3) is 6.08 Å². The third kappa shape index (κ3) is 4.11. The molecule has 0 bridgehead atoms. The van der Waals surface area contributed by atoms with Gasteiger partial charge in [0.25, 0.3) is 5.91 Å². The van der Waals surface area contributed by atoms with E-state index in [2.05, 4.69) is 17.6 Å². The van der Waals surface area contributed by atoms with Crippen LogP contribution in [0.2, 0.25) is 0 Å². The van der Waals surface area contributed by atoms with Crippen molar-refractivity contribution in [1.82, 2.24) is 9.47 Å². The van der Waals surface area contributed by atoms with E-state index in [-0.39, 0.29) is 35.1 Å². The monoisotopic (exact) mass is 389 g/mol. The maximum absolute atomic E-state index is 13.1. The molecular weight excluding hydrogens is 362 g/mol. The standard InChI is InChI=1S/C20H27N3O3S/c1-4-8-22-14(2)10-16(15(22)3)11-17(12-21)20(24)23(18-5-6-18)19-7-9-27(25,26)13-19/h10-11,18-19H,4-9,13H2,1-3H3/b17-11+. The number of amides is 1. The lowest BCUT2D eigenvalue weighted by Crippen LogP contribution is -2.43. The van der Waals surface area contributed by atoms with Gasteiger partial charge in [0, 0.05) is 30.0 Å². The predicted octanol–water partition coefficient (Wildman–Crippen LogP) is 2.60. The summed E-state index contributed by atoms with van der Waals surface area (Å²) in [7, 11) is -3.09. The Balaban J connectivity index is 1.90. The fraction of sp³-hybridized carbons (Fsp3) is 0.600. The van der Waals surface area contributed by atoms with Crippen LogP contribution in [0.4, 0.5) is 0 Å². The van der Waals surface area contributed by atoms with E-state index < -0.39 is 9.84 Å². The van der Waals surface area contributed by atoms with E-state index in [1.54, 1.807) is 11.0 Å². The van der Waals surface area contributed by atoms with Gasteiger partial charge in [-0.1, -0.05) is 6.92 Å². The third-order valence-corrected chi connectivity index (χ3v) is 7.24. The van der Waals surface area contributed by atoms with Crippen molar-refractivity contribution in [2.24, 2.45) is 0 Å². The Kier molecular flexibility index (Phi) is 5.48. The molecule has 2 aliphatic rings. The number of rotatable bonds is 6. The summed E-state index contributed by atoms with van der Waals surface area (Å²) in [4.78, 5) is 14.8. The van der Waals surface area contributed by atoms with Crippen molar-refractivity contribution in [3.05, 3.63) is 28.6 Å². The van der Waals surface area contributed by atoms with Crippen LogP contribution in [-0.4, -0.2) is 47.4 Å². The molecular formula is C20H27N3O3S. The first kappa shape index (κ1) is 19.7. The third-order valence-electron chi connectivity index (χ3n) is 5.49. The quantitative estimate of drug-likeness (QED) is 0.553. The second-order valence-corrected chi connectivity index (χ2v) is 9.88. The van der Waals surface area contributed by atoms with Gasteiger partial charge in [-0.05, 0) is 57.2 Å². The van der Waals surface area contributed by atoms with Crippen LogP contribution >= 0.6 is 0 Å². The number of hydrogen-bond donors (Lipinski definition) is 0. The number of aryl methyl sites for hydroxylation is 1. The normalized spacial score (nSPS) is 21.9. The Morgan fingerprint density at radius 3 is 2.56 bits per heavy atom. The van der Waals surface area contributed by atoms with Crippen molar-refractivity contribution in [1.29, 1.82) is 5.26 Å². The number of hydrogen-bond acceptors (Lipinski definition) is 4. The number of carbonyl (C=O) groups is 1. The Labute approximate surface area is 161 Å². The molecule has 1 saturated heterocycles. The number of sulfone groups is 1. The van der Waals surface area contributed by atoms with Crippen LogP contribution in [0.15, 0.2) is 11.6 Å². The molecule has 6 nitrogen and oxygen atoms in total. The molecule has 0 N–H and O–H groups in total. The van der Waals surface area contributed by atoms with E-state index in [0.29, 0.717) is 6.42 Å². The predicted molar refractivity (Wildman–Crippen MR) is 105 cm³/mol. The van der Waals surface area contributed by atoms with E-state index >= 15 is 0 Å². The molecule has 1 saturated carbocycles. The summed E-state index contributed by atoms with van der Waals surface area (Å²) in [6.07, 6.45) is 4.90. The van der Waals surface area contributed by atoms with E-state index in [1.807, 2.05) is 19.9 Å². The number of nitrogens with zero attached hydrogens (tertiary/aromatic N) is 3. The zero-order valence-electron chi connectivity index (χ0n) is 16.2. The SMILES string of the molecule is CCCn1c(C)cc(/C=C(\C#N)C(=O)N(C2CC2)C2CCS(=O)(=O)C2)c1C. The van der Waals surface area contributed by atoms with E-state index in [1.165, 1.54) is 0 Å². The lowest BCUT2D eigenvalue weighted by Gasteiger charge is -2.28. The molecule has 7 heteroatoms. The highest BCUT2D eigenvalue weighted by Gasteiger charge is 2.43. The summed E-state index contributed by atoms with van der Waals surface area (Å²) in [5.74, 6) is -0.195. The largest absolute Gasteiger partial charge is 0.349 e. The summed E-state index contributed by atoms with van der Waals surface area (Å²) >= 11 is 0. The molecule has 1 amide bonds. The second kappa shape index (κ2) is 7.51. The molecule has 1 aliphatic heterocycles. The van der Waals surface area contributed by atoms with Gasteiger partial charge in [-0.15, -0.1) is 0 Å². The first-order valence-electron chi connectivity index (χ1n) is 9.59. The van der Waals surface area contributed by atoms with E-state index in [9.17, 15) is 18.5 Å². The van der Waals surface area contributed by atoms with Crippen molar-refractivity contribution in [3.8, 4) is 6.07 Å². The smallest absolute Gasteiger partial charge is 0.265 e. The van der Waals surface area contributed by atoms with E-state index in [0.717, 1.165) is 42.8 Å². The van der Waals surface area contributed by atoms with Gasteiger partial charge in [-0.3, -0.25) is 4.79 Å². The summed E-state index contributed by atoms with van der Waals surface area (Å²) in [5, 5.41) is 9.63. The molecule has 0 spiro atoms. The van der Waals surface area contributed by atoms with Gasteiger partial charge in [-0.25, -0.2) is 8.42 Å². The Morgan fingerprint density at radius 1 is 1.33 bits per heavy atom. The zero-order valence-corrected chi connectivity index (χ0v) is 17.1. The van der Waals surface area contributed by atoms with Crippen molar-refractivity contribution in [2.45, 2.75) is 65.1 Å². The van der Waals surface area contributed by atoms with E-state index in [4.69, 9.17) is 0 Å². The lowest BCUT2D eigenvalue weighted by atomic mass is 10.1. The molecule has 146 valence electrons. The van der Waals surface area contributed by atoms with Gasteiger partial charge in [-0.2, -0.15) is 5.26 Å². The van der Waals surface area contributed by atoms with Gasteiger partial charge < -0.3 is 9.47 Å². The maximum Gasteiger partial charge on any atom is 0.265 e. The Bertz CT molecular complexity index is 917. The van der Waals surface area contributed by atoms with Gasteiger partial charge in [0.15, 0.2) is 9.84 Å². The highest BCUT2D eigenvalue weighted by Crippen LogP contribution is 2.33. The number of nitriles is 1. The molecule has 1 unspecified atom stereocenters. The van der Waals surface area contributed by atoms with Crippen LogP contribution in [0, 0.1) is 25.2 Å². The first-order valence-corrected chi connectivity index (χ1v) is 11.4. The summed E-state index contributed by atoms with van der Waals surface area (Å²) < 4.78 is 25.9. The second-order valence-electron chi connectivity index (χ2n) is 7.65. The summed E-state index contributed by atoms with van der Waals surface area (Å²) in [6.45, 7) is 7.03. The Hall–Kier alpha value is -2.07. The van der Waals surface area contributed by atoms with Crippen LogP contribution in [0.5, 0.6) is 0 Å². The highest BCUT2D eigenvalue weighted by molar-refractivity contribution is 7.91. The molecule has 2 heterocycles. The Morgan fingerprint density at radius 2 is 2.04 bits per heavy atom. The van der Waals surface area contributed by atoms with Crippen LogP contribution in [0.1, 0.15) is 49.6 Å². The van der Waals surface area contributed by atoms with Crippen LogP contribution in [0.3, 0.4) is 0 Å².